The number of benzene rings is 1. The van der Waals surface area contributed by atoms with Gasteiger partial charge in [-0.05, 0) is 37.3 Å². The summed E-state index contributed by atoms with van der Waals surface area (Å²) in [5, 5.41) is 0.858. The molecule has 0 bridgehead atoms. The van der Waals surface area contributed by atoms with E-state index in [0.29, 0.717) is 6.54 Å². The molecule has 1 amide bonds. The molecule has 1 aromatic carbocycles. The van der Waals surface area contributed by atoms with Crippen LogP contribution < -0.4 is 4.90 Å². The third-order valence-electron chi connectivity index (χ3n) is 5.78. The van der Waals surface area contributed by atoms with Crippen molar-refractivity contribution in [1.82, 2.24) is 9.88 Å². The van der Waals surface area contributed by atoms with Crippen molar-refractivity contribution in [2.24, 2.45) is 5.92 Å². The second-order valence-corrected chi connectivity index (χ2v) is 9.50. The monoisotopic (exact) mass is 455 g/mol. The number of carbonyl (C=O) groups excluding carboxylic acids is 1. The van der Waals surface area contributed by atoms with Crippen molar-refractivity contribution >= 4 is 56.8 Å². The minimum Gasteiger partial charge on any atom is -0.379 e. The van der Waals surface area contributed by atoms with Crippen LogP contribution in [0.25, 0.3) is 10.2 Å². The van der Waals surface area contributed by atoms with Gasteiger partial charge >= 0.3 is 0 Å². The molecule has 2 aromatic rings. The Morgan fingerprint density at radius 1 is 1.28 bits per heavy atom. The molecule has 0 N–H and O–H groups in total. The minimum absolute atomic E-state index is 0. The molecule has 5 nitrogen and oxygen atoms in total. The fraction of sp³-hybridized carbons (Fsp3) is 0.619. The topological polar surface area (TPSA) is 45.7 Å². The molecule has 1 aliphatic heterocycles. The molecule has 2 fully saturated rings. The van der Waals surface area contributed by atoms with Gasteiger partial charge < -0.3 is 4.74 Å². The Balaban J connectivity index is 0.00000240. The summed E-state index contributed by atoms with van der Waals surface area (Å²) in [6.07, 6.45) is 7.73. The Labute approximate surface area is 187 Å². The van der Waals surface area contributed by atoms with Gasteiger partial charge in [0.05, 0.1) is 23.4 Å². The van der Waals surface area contributed by atoms with E-state index in [0.717, 1.165) is 61.0 Å². The fourth-order valence-corrected chi connectivity index (χ4v) is 5.62. The number of rotatable bonds is 6. The first-order valence-electron chi connectivity index (χ1n) is 10.3. The number of thiazole rings is 1. The SMILES string of the molecule is CSc1ccc2nc(N(CCN3CCOCC3)C(=O)C3CCCCC3)sc2c1.Cl. The Kier molecular flexibility index (Phi) is 8.62. The average Bonchev–Trinajstić information content (AvgIpc) is 3.18. The van der Waals surface area contributed by atoms with Crippen molar-refractivity contribution in [3.8, 4) is 0 Å². The second kappa shape index (κ2) is 11.0. The normalized spacial score (nSPS) is 18.5. The van der Waals surface area contributed by atoms with E-state index in [4.69, 9.17) is 9.72 Å². The lowest BCUT2D eigenvalue weighted by Gasteiger charge is -2.31. The van der Waals surface area contributed by atoms with Crippen LogP contribution in [0.2, 0.25) is 0 Å². The number of ether oxygens (including phenoxy) is 1. The van der Waals surface area contributed by atoms with Crippen molar-refractivity contribution in [3.63, 3.8) is 0 Å². The van der Waals surface area contributed by atoms with E-state index < -0.39 is 0 Å². The Morgan fingerprint density at radius 3 is 2.76 bits per heavy atom. The maximum absolute atomic E-state index is 13.4. The van der Waals surface area contributed by atoms with Crippen LogP contribution in [0, 0.1) is 5.92 Å². The van der Waals surface area contributed by atoms with E-state index in [-0.39, 0.29) is 24.2 Å². The third kappa shape index (κ3) is 5.64. The molecule has 0 unspecified atom stereocenters. The maximum atomic E-state index is 13.4. The molecule has 1 aromatic heterocycles. The highest BCUT2D eigenvalue weighted by atomic mass is 35.5. The van der Waals surface area contributed by atoms with Gasteiger partial charge in [0.15, 0.2) is 5.13 Å². The first kappa shape index (κ1) is 22.8. The van der Waals surface area contributed by atoms with Gasteiger partial charge in [0, 0.05) is 37.0 Å². The van der Waals surface area contributed by atoms with Crippen molar-refractivity contribution in [2.75, 3.05) is 50.5 Å². The van der Waals surface area contributed by atoms with Crippen molar-refractivity contribution in [1.29, 1.82) is 0 Å². The van der Waals surface area contributed by atoms with Crippen LogP contribution in [-0.4, -0.2) is 61.4 Å². The van der Waals surface area contributed by atoms with E-state index in [1.807, 2.05) is 4.90 Å². The number of fused-ring (bicyclic) bond motifs is 1. The number of hydrogen-bond donors (Lipinski definition) is 0. The molecule has 1 aliphatic carbocycles. The van der Waals surface area contributed by atoms with Crippen molar-refractivity contribution in [2.45, 2.75) is 37.0 Å². The van der Waals surface area contributed by atoms with Gasteiger partial charge in [-0.2, -0.15) is 0 Å². The van der Waals surface area contributed by atoms with Gasteiger partial charge in [-0.25, -0.2) is 4.98 Å². The predicted octanol–water partition coefficient (Wildman–Crippen LogP) is 4.69. The highest BCUT2D eigenvalue weighted by molar-refractivity contribution is 7.98. The average molecular weight is 456 g/mol. The van der Waals surface area contributed by atoms with Crippen molar-refractivity contribution < 1.29 is 9.53 Å². The molecular weight excluding hydrogens is 426 g/mol. The van der Waals surface area contributed by atoms with Crippen LogP contribution >= 0.6 is 35.5 Å². The van der Waals surface area contributed by atoms with Crippen molar-refractivity contribution in [3.05, 3.63) is 18.2 Å². The quantitative estimate of drug-likeness (QED) is 0.591. The van der Waals surface area contributed by atoms with E-state index in [1.54, 1.807) is 23.1 Å². The lowest BCUT2D eigenvalue weighted by atomic mass is 9.88. The van der Waals surface area contributed by atoms with Crippen LogP contribution in [0.5, 0.6) is 0 Å². The molecule has 2 aliphatic rings. The summed E-state index contributed by atoms with van der Waals surface area (Å²) in [6, 6.07) is 6.37. The summed E-state index contributed by atoms with van der Waals surface area (Å²) in [5.41, 5.74) is 0.991. The zero-order valence-corrected chi connectivity index (χ0v) is 19.4. The van der Waals surface area contributed by atoms with Crippen LogP contribution in [0.4, 0.5) is 5.13 Å². The smallest absolute Gasteiger partial charge is 0.231 e. The summed E-state index contributed by atoms with van der Waals surface area (Å²) in [4.78, 5) is 23.9. The number of thioether (sulfide) groups is 1. The van der Waals surface area contributed by atoms with Crippen LogP contribution in [0.1, 0.15) is 32.1 Å². The maximum Gasteiger partial charge on any atom is 0.231 e. The Bertz CT molecular complexity index is 804. The summed E-state index contributed by atoms with van der Waals surface area (Å²) < 4.78 is 6.62. The number of amides is 1. The van der Waals surface area contributed by atoms with Crippen LogP contribution in [0.15, 0.2) is 23.1 Å². The number of morpholine rings is 1. The van der Waals surface area contributed by atoms with Crippen LogP contribution in [-0.2, 0) is 9.53 Å². The molecule has 2 heterocycles. The summed E-state index contributed by atoms with van der Waals surface area (Å²) in [5.74, 6) is 0.435. The standard InChI is InChI=1S/C21H29N3O2S2.ClH/c1-27-17-7-8-18-19(15-17)28-21(22-18)24(10-9-23-11-13-26-14-12-23)20(25)16-5-3-2-4-6-16;/h7-8,15-16H,2-6,9-14H2,1H3;1H. The van der Waals surface area contributed by atoms with Gasteiger partial charge in [-0.1, -0.05) is 30.6 Å². The third-order valence-corrected chi connectivity index (χ3v) is 7.55. The van der Waals surface area contributed by atoms with Gasteiger partial charge in [0.1, 0.15) is 0 Å². The molecule has 1 saturated heterocycles. The highest BCUT2D eigenvalue weighted by Crippen LogP contribution is 2.34. The highest BCUT2D eigenvalue weighted by Gasteiger charge is 2.29. The summed E-state index contributed by atoms with van der Waals surface area (Å²) >= 11 is 3.39. The first-order chi connectivity index (χ1) is 13.7. The summed E-state index contributed by atoms with van der Waals surface area (Å²) in [6.45, 7) is 5.06. The number of nitrogens with zero attached hydrogens (tertiary/aromatic N) is 3. The number of carbonyl (C=O) groups is 1. The predicted molar refractivity (Wildman–Crippen MR) is 125 cm³/mol. The Morgan fingerprint density at radius 2 is 2.03 bits per heavy atom. The van der Waals surface area contributed by atoms with Gasteiger partial charge in [0.2, 0.25) is 5.91 Å². The second-order valence-electron chi connectivity index (χ2n) is 7.61. The molecule has 29 heavy (non-hydrogen) atoms. The minimum atomic E-state index is 0. The molecule has 0 radical (unpaired) electrons. The number of anilines is 1. The van der Waals surface area contributed by atoms with E-state index in [9.17, 15) is 4.79 Å². The van der Waals surface area contributed by atoms with E-state index in [2.05, 4.69) is 29.4 Å². The lowest BCUT2D eigenvalue weighted by Crippen LogP contribution is -2.45. The number of halogens is 1. The molecular formula is C21H30ClN3O2S2. The molecule has 0 spiro atoms. The zero-order valence-electron chi connectivity index (χ0n) is 17.0. The number of aromatic nitrogens is 1. The number of hydrogen-bond acceptors (Lipinski definition) is 6. The summed E-state index contributed by atoms with van der Waals surface area (Å²) in [7, 11) is 0. The molecule has 8 heteroatoms. The lowest BCUT2D eigenvalue weighted by molar-refractivity contribution is -0.123. The van der Waals surface area contributed by atoms with E-state index >= 15 is 0 Å². The van der Waals surface area contributed by atoms with Gasteiger partial charge in [-0.15, -0.1) is 24.2 Å². The molecule has 0 atom stereocenters. The van der Waals surface area contributed by atoms with E-state index in [1.165, 1.54) is 24.2 Å². The first-order valence-corrected chi connectivity index (χ1v) is 12.3. The molecule has 1 saturated carbocycles. The van der Waals surface area contributed by atoms with Crippen LogP contribution in [0.3, 0.4) is 0 Å². The Hall–Kier alpha value is -0.860. The van der Waals surface area contributed by atoms with Gasteiger partial charge in [-0.3, -0.25) is 14.6 Å². The fourth-order valence-electron chi connectivity index (χ4n) is 4.07. The molecule has 4 rings (SSSR count). The zero-order chi connectivity index (χ0) is 19.3. The largest absolute Gasteiger partial charge is 0.379 e. The van der Waals surface area contributed by atoms with Gasteiger partial charge in [0.25, 0.3) is 0 Å². The molecule has 160 valence electrons.